The maximum absolute atomic E-state index is 9.39. The van der Waals surface area contributed by atoms with Gasteiger partial charge in [0.15, 0.2) is 0 Å². The first-order valence-corrected chi connectivity index (χ1v) is 10.5. The number of aryl methyl sites for hydroxylation is 1. The Kier molecular flexibility index (Phi) is 6.77. The molecule has 0 unspecified atom stereocenters. The van der Waals surface area contributed by atoms with Gasteiger partial charge in [0.1, 0.15) is 10.0 Å². The van der Waals surface area contributed by atoms with Crippen LogP contribution in [0.4, 0.5) is 0 Å². The third-order valence-electron chi connectivity index (χ3n) is 4.41. The van der Waals surface area contributed by atoms with Gasteiger partial charge in [-0.3, -0.25) is 0 Å². The van der Waals surface area contributed by atoms with Crippen molar-refractivity contribution in [3.05, 3.63) is 34.1 Å². The van der Waals surface area contributed by atoms with E-state index in [0.29, 0.717) is 26.8 Å². The standard InChI is InChI=1S/C19H24ClN5O2S/c1-3-4-5-6-7-15-22-16(25-27-15)12-8-9-13(14(20)10-12)17-23-24-18(28-17)19(2,21)11-26/h8-10,26H,3-7,11,21H2,1-2H3/t19-/m0/s1. The van der Waals surface area contributed by atoms with E-state index in [-0.39, 0.29) is 6.61 Å². The molecule has 2 aromatic heterocycles. The van der Waals surface area contributed by atoms with Gasteiger partial charge in [0.25, 0.3) is 0 Å². The van der Waals surface area contributed by atoms with Crippen molar-refractivity contribution in [1.29, 1.82) is 0 Å². The van der Waals surface area contributed by atoms with Gasteiger partial charge in [0.2, 0.25) is 11.7 Å². The van der Waals surface area contributed by atoms with Crippen LogP contribution in [0.5, 0.6) is 0 Å². The van der Waals surface area contributed by atoms with Gasteiger partial charge in [-0.05, 0) is 25.5 Å². The van der Waals surface area contributed by atoms with E-state index in [1.807, 2.05) is 12.1 Å². The van der Waals surface area contributed by atoms with E-state index >= 15 is 0 Å². The number of hydrogen-bond acceptors (Lipinski definition) is 8. The lowest BCUT2D eigenvalue weighted by Gasteiger charge is -2.16. The van der Waals surface area contributed by atoms with Crippen LogP contribution in [0.2, 0.25) is 5.02 Å². The summed E-state index contributed by atoms with van der Waals surface area (Å²) in [5.74, 6) is 1.16. The Morgan fingerprint density at radius 1 is 1.25 bits per heavy atom. The van der Waals surface area contributed by atoms with Gasteiger partial charge in [0, 0.05) is 17.5 Å². The zero-order valence-electron chi connectivity index (χ0n) is 16.0. The van der Waals surface area contributed by atoms with E-state index in [1.54, 1.807) is 13.0 Å². The molecule has 0 radical (unpaired) electrons. The van der Waals surface area contributed by atoms with Crippen LogP contribution in [0, 0.1) is 0 Å². The molecule has 0 saturated carbocycles. The Bertz CT molecular complexity index is 925. The lowest BCUT2D eigenvalue weighted by Crippen LogP contribution is -2.36. The number of rotatable bonds is 9. The first-order valence-electron chi connectivity index (χ1n) is 9.31. The zero-order valence-corrected chi connectivity index (χ0v) is 17.6. The van der Waals surface area contributed by atoms with Gasteiger partial charge >= 0.3 is 0 Å². The minimum atomic E-state index is -0.930. The highest BCUT2D eigenvalue weighted by atomic mass is 35.5. The van der Waals surface area contributed by atoms with Gasteiger partial charge in [-0.2, -0.15) is 4.98 Å². The summed E-state index contributed by atoms with van der Waals surface area (Å²) in [6, 6.07) is 5.52. The Morgan fingerprint density at radius 2 is 2.07 bits per heavy atom. The van der Waals surface area contributed by atoms with E-state index in [4.69, 9.17) is 21.9 Å². The molecule has 2 heterocycles. The molecule has 0 saturated heterocycles. The number of benzene rings is 1. The third kappa shape index (κ3) is 4.75. The number of hydrogen-bond donors (Lipinski definition) is 2. The van der Waals surface area contributed by atoms with Crippen molar-refractivity contribution >= 4 is 22.9 Å². The molecule has 0 aliphatic rings. The molecule has 0 spiro atoms. The molecule has 1 aromatic carbocycles. The van der Waals surface area contributed by atoms with Crippen LogP contribution in [-0.4, -0.2) is 32.1 Å². The maximum Gasteiger partial charge on any atom is 0.226 e. The first-order chi connectivity index (χ1) is 13.4. The monoisotopic (exact) mass is 421 g/mol. The SMILES string of the molecule is CCCCCCc1nc(-c2ccc(-c3nnc([C@@](C)(N)CO)s3)c(Cl)c2)no1. The minimum Gasteiger partial charge on any atom is -0.394 e. The summed E-state index contributed by atoms with van der Waals surface area (Å²) in [7, 11) is 0. The predicted molar refractivity (Wildman–Crippen MR) is 110 cm³/mol. The molecule has 0 aliphatic heterocycles. The van der Waals surface area contributed by atoms with Crippen molar-refractivity contribution in [3.8, 4) is 22.0 Å². The zero-order chi connectivity index (χ0) is 20.1. The summed E-state index contributed by atoms with van der Waals surface area (Å²) < 4.78 is 5.35. The Morgan fingerprint density at radius 3 is 2.79 bits per heavy atom. The molecule has 3 rings (SSSR count). The quantitative estimate of drug-likeness (QED) is 0.498. The first kappa shape index (κ1) is 20.9. The third-order valence-corrected chi connectivity index (χ3v) is 5.96. The van der Waals surface area contributed by atoms with E-state index < -0.39 is 5.54 Å². The summed E-state index contributed by atoms with van der Waals surface area (Å²) in [4.78, 5) is 4.46. The second kappa shape index (κ2) is 9.09. The number of aliphatic hydroxyl groups excluding tert-OH is 1. The molecule has 0 aliphatic carbocycles. The molecule has 3 N–H and O–H groups in total. The van der Waals surface area contributed by atoms with Crippen LogP contribution >= 0.6 is 22.9 Å². The van der Waals surface area contributed by atoms with Crippen molar-refractivity contribution in [1.82, 2.24) is 20.3 Å². The summed E-state index contributed by atoms with van der Waals surface area (Å²) in [6.07, 6.45) is 5.40. The summed E-state index contributed by atoms with van der Waals surface area (Å²) >= 11 is 7.78. The lowest BCUT2D eigenvalue weighted by atomic mass is 10.1. The van der Waals surface area contributed by atoms with Crippen LogP contribution in [0.25, 0.3) is 22.0 Å². The fourth-order valence-electron chi connectivity index (χ4n) is 2.63. The van der Waals surface area contributed by atoms with E-state index in [9.17, 15) is 5.11 Å². The van der Waals surface area contributed by atoms with Gasteiger partial charge in [-0.15, -0.1) is 10.2 Å². The molecular weight excluding hydrogens is 398 g/mol. The average molecular weight is 422 g/mol. The molecule has 3 aromatic rings. The molecule has 150 valence electrons. The van der Waals surface area contributed by atoms with E-state index in [1.165, 1.54) is 24.2 Å². The van der Waals surface area contributed by atoms with Crippen LogP contribution in [-0.2, 0) is 12.0 Å². The van der Waals surface area contributed by atoms with Crippen molar-refractivity contribution in [2.45, 2.75) is 51.5 Å². The summed E-state index contributed by atoms with van der Waals surface area (Å²) in [5, 5.41) is 23.4. The number of unbranched alkanes of at least 4 members (excludes halogenated alkanes) is 3. The van der Waals surface area contributed by atoms with Crippen molar-refractivity contribution in [3.63, 3.8) is 0 Å². The fraction of sp³-hybridized carbons (Fsp3) is 0.474. The number of aliphatic hydroxyl groups is 1. The van der Waals surface area contributed by atoms with Gasteiger partial charge in [-0.1, -0.05) is 60.3 Å². The minimum absolute atomic E-state index is 0.215. The molecule has 9 heteroatoms. The smallest absolute Gasteiger partial charge is 0.226 e. The van der Waals surface area contributed by atoms with Crippen LogP contribution < -0.4 is 5.73 Å². The molecule has 28 heavy (non-hydrogen) atoms. The number of halogens is 1. The summed E-state index contributed by atoms with van der Waals surface area (Å²) in [6.45, 7) is 3.67. The lowest BCUT2D eigenvalue weighted by molar-refractivity contribution is 0.209. The van der Waals surface area contributed by atoms with Gasteiger partial charge < -0.3 is 15.4 Å². The molecular formula is C19H24ClN5O2S. The van der Waals surface area contributed by atoms with Gasteiger partial charge in [-0.25, -0.2) is 0 Å². The van der Waals surface area contributed by atoms with Crippen LogP contribution in [0.15, 0.2) is 22.7 Å². The molecule has 0 fully saturated rings. The van der Waals surface area contributed by atoms with Crippen LogP contribution in [0.1, 0.15) is 50.4 Å². The van der Waals surface area contributed by atoms with E-state index in [2.05, 4.69) is 27.3 Å². The Labute approximate surface area is 173 Å². The van der Waals surface area contributed by atoms with Crippen molar-refractivity contribution in [2.24, 2.45) is 5.73 Å². The second-order valence-corrected chi connectivity index (χ2v) is 8.39. The largest absolute Gasteiger partial charge is 0.394 e. The molecule has 0 bridgehead atoms. The average Bonchev–Trinajstić information content (AvgIpc) is 3.35. The van der Waals surface area contributed by atoms with E-state index in [0.717, 1.165) is 30.4 Å². The number of nitrogens with two attached hydrogens (primary N) is 1. The second-order valence-electron chi connectivity index (χ2n) is 7.00. The highest BCUT2D eigenvalue weighted by Crippen LogP contribution is 2.35. The maximum atomic E-state index is 9.39. The number of nitrogens with zero attached hydrogens (tertiary/aromatic N) is 4. The van der Waals surface area contributed by atoms with Crippen LogP contribution in [0.3, 0.4) is 0 Å². The summed E-state index contributed by atoms with van der Waals surface area (Å²) in [5.41, 5.74) is 6.61. The van der Waals surface area contributed by atoms with Crippen molar-refractivity contribution < 1.29 is 9.63 Å². The molecule has 7 nitrogen and oxygen atoms in total. The number of aromatic nitrogens is 4. The van der Waals surface area contributed by atoms with Crippen molar-refractivity contribution in [2.75, 3.05) is 6.61 Å². The molecule has 0 amide bonds. The Hall–Kier alpha value is -1.87. The normalized spacial score (nSPS) is 13.6. The predicted octanol–water partition coefficient (Wildman–Crippen LogP) is 4.20. The fourth-order valence-corrected chi connectivity index (χ4v) is 3.89. The Balaban J connectivity index is 1.75. The van der Waals surface area contributed by atoms with Gasteiger partial charge in [0.05, 0.1) is 17.2 Å². The topological polar surface area (TPSA) is 111 Å². The highest BCUT2D eigenvalue weighted by Gasteiger charge is 2.26. The highest BCUT2D eigenvalue weighted by molar-refractivity contribution is 7.14. The molecule has 1 atom stereocenters.